The summed E-state index contributed by atoms with van der Waals surface area (Å²) >= 11 is 1.22. The zero-order valence-electron chi connectivity index (χ0n) is 10.3. The number of aromatic nitrogens is 4. The Bertz CT molecular complexity index is 729. The normalized spacial score (nSPS) is 10.7. The maximum Gasteiger partial charge on any atom is 0.218 e. The van der Waals surface area contributed by atoms with Crippen molar-refractivity contribution in [2.24, 2.45) is 0 Å². The number of hydrogen-bond donors (Lipinski definition) is 1. The average Bonchev–Trinajstić information content (AvgIpc) is 2.92. The molecule has 0 saturated heterocycles. The quantitative estimate of drug-likeness (QED) is 0.750. The molecule has 0 aliphatic carbocycles. The second-order valence-corrected chi connectivity index (χ2v) is 5.00. The summed E-state index contributed by atoms with van der Waals surface area (Å²) in [4.78, 5) is 0.581. The Labute approximate surface area is 118 Å². The van der Waals surface area contributed by atoms with Crippen LogP contribution in [0.4, 0.5) is 10.1 Å². The lowest BCUT2D eigenvalue weighted by atomic mass is 10.3. The molecule has 7 heteroatoms. The molecule has 0 aliphatic rings. The molecule has 5 nitrogen and oxygen atoms in total. The molecule has 0 saturated carbocycles. The highest BCUT2D eigenvalue weighted by Gasteiger charge is 2.12. The number of benzene rings is 2. The molecule has 3 aromatic rings. The molecule has 0 amide bonds. The third-order valence-electron chi connectivity index (χ3n) is 2.62. The van der Waals surface area contributed by atoms with Gasteiger partial charge < -0.3 is 5.73 Å². The Morgan fingerprint density at radius 2 is 1.90 bits per heavy atom. The van der Waals surface area contributed by atoms with Crippen molar-refractivity contribution in [1.29, 1.82) is 0 Å². The number of para-hydroxylation sites is 1. The highest BCUT2D eigenvalue weighted by atomic mass is 32.2. The number of nitrogens with zero attached hydrogens (tertiary/aromatic N) is 4. The summed E-state index contributed by atoms with van der Waals surface area (Å²) in [5, 5.41) is 12.1. The van der Waals surface area contributed by atoms with Crippen molar-refractivity contribution in [2.75, 3.05) is 5.73 Å². The SMILES string of the molecule is Nc1ccc(F)cc1Sc1nnnn1-c1ccccc1. The van der Waals surface area contributed by atoms with E-state index in [-0.39, 0.29) is 5.82 Å². The Balaban J connectivity index is 1.97. The Morgan fingerprint density at radius 1 is 1.10 bits per heavy atom. The highest BCUT2D eigenvalue weighted by molar-refractivity contribution is 7.99. The first kappa shape index (κ1) is 12.6. The van der Waals surface area contributed by atoms with Gasteiger partial charge in [-0.15, -0.1) is 5.10 Å². The van der Waals surface area contributed by atoms with E-state index in [0.29, 0.717) is 15.7 Å². The summed E-state index contributed by atoms with van der Waals surface area (Å²) in [6.45, 7) is 0. The lowest BCUT2D eigenvalue weighted by molar-refractivity contribution is 0.624. The molecule has 0 aliphatic heterocycles. The van der Waals surface area contributed by atoms with E-state index in [4.69, 9.17) is 5.73 Å². The van der Waals surface area contributed by atoms with E-state index in [9.17, 15) is 4.39 Å². The van der Waals surface area contributed by atoms with E-state index < -0.39 is 0 Å². The molecule has 2 N–H and O–H groups in total. The summed E-state index contributed by atoms with van der Waals surface area (Å²) in [6.07, 6.45) is 0. The Morgan fingerprint density at radius 3 is 2.70 bits per heavy atom. The minimum Gasteiger partial charge on any atom is -0.398 e. The lowest BCUT2D eigenvalue weighted by Gasteiger charge is -2.06. The summed E-state index contributed by atoms with van der Waals surface area (Å²) in [7, 11) is 0. The van der Waals surface area contributed by atoms with Crippen molar-refractivity contribution in [3.8, 4) is 5.69 Å². The summed E-state index contributed by atoms with van der Waals surface area (Å²) in [5.74, 6) is -0.347. The molecule has 0 radical (unpaired) electrons. The van der Waals surface area contributed by atoms with Crippen molar-refractivity contribution in [1.82, 2.24) is 20.2 Å². The maximum atomic E-state index is 13.3. The van der Waals surface area contributed by atoms with E-state index in [0.717, 1.165) is 5.69 Å². The second-order valence-electron chi connectivity index (χ2n) is 3.99. The zero-order valence-corrected chi connectivity index (χ0v) is 11.1. The minimum atomic E-state index is -0.347. The zero-order chi connectivity index (χ0) is 13.9. The molecule has 3 rings (SSSR count). The van der Waals surface area contributed by atoms with Gasteiger partial charge in [0.25, 0.3) is 0 Å². The molecule has 0 bridgehead atoms. The number of nitrogens with two attached hydrogens (primary N) is 1. The van der Waals surface area contributed by atoms with Gasteiger partial charge in [0.15, 0.2) is 0 Å². The third kappa shape index (κ3) is 2.48. The van der Waals surface area contributed by atoms with Crippen LogP contribution in [0, 0.1) is 5.82 Å². The highest BCUT2D eigenvalue weighted by Crippen LogP contribution is 2.31. The minimum absolute atomic E-state index is 0.347. The summed E-state index contributed by atoms with van der Waals surface area (Å²) < 4.78 is 14.9. The van der Waals surface area contributed by atoms with Crippen molar-refractivity contribution < 1.29 is 4.39 Å². The van der Waals surface area contributed by atoms with Gasteiger partial charge in [0.2, 0.25) is 5.16 Å². The van der Waals surface area contributed by atoms with Gasteiger partial charge in [0.05, 0.1) is 5.69 Å². The van der Waals surface area contributed by atoms with Crippen LogP contribution in [0.5, 0.6) is 0 Å². The standard InChI is InChI=1S/C13H10FN5S/c14-9-6-7-11(15)12(8-9)20-13-16-17-18-19(13)10-4-2-1-3-5-10/h1-8H,15H2. The number of tetrazole rings is 1. The molecule has 0 atom stereocenters. The average molecular weight is 287 g/mol. The largest absolute Gasteiger partial charge is 0.398 e. The van der Waals surface area contributed by atoms with Gasteiger partial charge in [-0.25, -0.2) is 4.39 Å². The first-order valence-electron chi connectivity index (χ1n) is 5.81. The van der Waals surface area contributed by atoms with E-state index in [2.05, 4.69) is 15.5 Å². The predicted octanol–water partition coefficient (Wildman–Crippen LogP) is 2.53. The molecular formula is C13H10FN5S. The third-order valence-corrected chi connectivity index (χ3v) is 3.63. The fourth-order valence-corrected chi connectivity index (χ4v) is 2.53. The van der Waals surface area contributed by atoms with Crippen LogP contribution in [0.25, 0.3) is 5.69 Å². The van der Waals surface area contributed by atoms with Crippen LogP contribution in [-0.4, -0.2) is 20.2 Å². The topological polar surface area (TPSA) is 69.6 Å². The molecule has 0 fully saturated rings. The summed E-state index contributed by atoms with van der Waals surface area (Å²) in [5.41, 5.74) is 7.14. The Kier molecular flexibility index (Phi) is 3.34. The first-order chi connectivity index (χ1) is 9.74. The van der Waals surface area contributed by atoms with Gasteiger partial charge in [-0.05, 0) is 52.5 Å². The first-order valence-corrected chi connectivity index (χ1v) is 6.62. The van der Waals surface area contributed by atoms with Gasteiger partial charge in [0, 0.05) is 10.6 Å². The van der Waals surface area contributed by atoms with E-state index >= 15 is 0 Å². The van der Waals surface area contributed by atoms with Crippen molar-refractivity contribution in [2.45, 2.75) is 10.1 Å². The van der Waals surface area contributed by atoms with Crippen LogP contribution < -0.4 is 5.73 Å². The molecule has 2 aromatic carbocycles. The fourth-order valence-electron chi connectivity index (χ4n) is 1.67. The van der Waals surface area contributed by atoms with E-state index in [1.807, 2.05) is 30.3 Å². The van der Waals surface area contributed by atoms with Crippen LogP contribution in [-0.2, 0) is 0 Å². The van der Waals surface area contributed by atoms with Gasteiger partial charge in [-0.1, -0.05) is 18.2 Å². The number of halogens is 1. The molecule has 20 heavy (non-hydrogen) atoms. The molecule has 100 valence electrons. The molecule has 0 unspecified atom stereocenters. The van der Waals surface area contributed by atoms with Crippen LogP contribution in [0.3, 0.4) is 0 Å². The Hall–Kier alpha value is -2.41. The van der Waals surface area contributed by atoms with Crippen molar-refractivity contribution in [3.05, 3.63) is 54.3 Å². The molecular weight excluding hydrogens is 277 g/mol. The molecule has 0 spiro atoms. The number of anilines is 1. The molecule has 1 aromatic heterocycles. The van der Waals surface area contributed by atoms with Gasteiger partial charge in [-0.3, -0.25) is 0 Å². The fraction of sp³-hybridized carbons (Fsp3) is 0. The van der Waals surface area contributed by atoms with Crippen LogP contribution in [0.1, 0.15) is 0 Å². The van der Waals surface area contributed by atoms with Gasteiger partial charge >= 0.3 is 0 Å². The second kappa shape index (κ2) is 5.30. The number of rotatable bonds is 3. The van der Waals surface area contributed by atoms with E-state index in [1.54, 1.807) is 4.68 Å². The lowest BCUT2D eigenvalue weighted by Crippen LogP contribution is -1.99. The number of hydrogen-bond acceptors (Lipinski definition) is 5. The van der Waals surface area contributed by atoms with Gasteiger partial charge in [-0.2, -0.15) is 4.68 Å². The van der Waals surface area contributed by atoms with Crippen LogP contribution in [0.15, 0.2) is 58.6 Å². The van der Waals surface area contributed by atoms with Crippen molar-refractivity contribution in [3.63, 3.8) is 0 Å². The number of nitrogen functional groups attached to an aromatic ring is 1. The van der Waals surface area contributed by atoms with Crippen LogP contribution in [0.2, 0.25) is 0 Å². The predicted molar refractivity (Wildman–Crippen MR) is 74.1 cm³/mol. The van der Waals surface area contributed by atoms with E-state index in [1.165, 1.54) is 30.0 Å². The summed E-state index contributed by atoms with van der Waals surface area (Å²) in [6, 6.07) is 13.7. The molecule has 1 heterocycles. The smallest absolute Gasteiger partial charge is 0.218 e. The monoisotopic (exact) mass is 287 g/mol. The van der Waals surface area contributed by atoms with Crippen LogP contribution >= 0.6 is 11.8 Å². The maximum absolute atomic E-state index is 13.3. The van der Waals surface area contributed by atoms with Gasteiger partial charge in [0.1, 0.15) is 5.82 Å². The van der Waals surface area contributed by atoms with Crippen molar-refractivity contribution >= 4 is 17.4 Å².